The molecule has 28 heavy (non-hydrogen) atoms. The zero-order valence-corrected chi connectivity index (χ0v) is 15.5. The number of carbonyl (C=O) groups is 5. The molecule has 0 fully saturated rings. The van der Waals surface area contributed by atoms with Crippen molar-refractivity contribution in [3.63, 3.8) is 0 Å². The molecule has 0 aliphatic heterocycles. The first kappa shape index (κ1) is 22.5. The Morgan fingerprint density at radius 1 is 1.00 bits per heavy atom. The normalized spacial score (nSPS) is 13.5. The Hall–Kier alpha value is -3.50. The van der Waals surface area contributed by atoms with Crippen molar-refractivity contribution in [2.45, 2.75) is 44.8 Å². The van der Waals surface area contributed by atoms with Gasteiger partial charge in [-0.1, -0.05) is 0 Å². The second-order valence-electron chi connectivity index (χ2n) is 6.12. The van der Waals surface area contributed by atoms with Gasteiger partial charge in [-0.15, -0.1) is 0 Å². The van der Waals surface area contributed by atoms with Crippen molar-refractivity contribution in [1.82, 2.24) is 20.9 Å². The summed E-state index contributed by atoms with van der Waals surface area (Å²) in [5, 5.41) is 16.0. The molecule has 4 amide bonds. The summed E-state index contributed by atoms with van der Waals surface area (Å²) < 4.78 is 0. The third-order valence-electron chi connectivity index (χ3n) is 3.66. The second kappa shape index (κ2) is 10.6. The summed E-state index contributed by atoms with van der Waals surface area (Å²) in [4.78, 5) is 61.9. The monoisotopic (exact) mass is 393 g/mol. The lowest BCUT2D eigenvalue weighted by Crippen LogP contribution is -2.54. The molecule has 0 aliphatic rings. The fourth-order valence-electron chi connectivity index (χ4n) is 2.15. The molecule has 152 valence electrons. The maximum Gasteiger partial charge on any atom is 0.326 e. The SMILES string of the molecule is CC(NC(=O)Cc1ccncc1)C(=O)NC(C)C(=O)NC(CC(N)=O)C(=O)O. The Bertz CT molecular complexity index is 739. The highest BCUT2D eigenvalue weighted by Gasteiger charge is 2.26. The lowest BCUT2D eigenvalue weighted by atomic mass is 10.1. The van der Waals surface area contributed by atoms with E-state index in [0.29, 0.717) is 0 Å². The summed E-state index contributed by atoms with van der Waals surface area (Å²) in [7, 11) is 0. The molecule has 11 heteroatoms. The Morgan fingerprint density at radius 2 is 1.54 bits per heavy atom. The zero-order valence-electron chi connectivity index (χ0n) is 15.5. The van der Waals surface area contributed by atoms with E-state index < -0.39 is 54.1 Å². The number of hydrogen-bond donors (Lipinski definition) is 5. The van der Waals surface area contributed by atoms with Gasteiger partial charge in [0.05, 0.1) is 12.8 Å². The van der Waals surface area contributed by atoms with E-state index in [1.165, 1.54) is 13.8 Å². The van der Waals surface area contributed by atoms with Crippen LogP contribution in [0.2, 0.25) is 0 Å². The first-order chi connectivity index (χ1) is 13.1. The van der Waals surface area contributed by atoms with E-state index in [1.807, 2.05) is 0 Å². The van der Waals surface area contributed by atoms with Gasteiger partial charge in [-0.25, -0.2) is 4.79 Å². The van der Waals surface area contributed by atoms with Gasteiger partial charge in [0, 0.05) is 12.4 Å². The Morgan fingerprint density at radius 3 is 2.07 bits per heavy atom. The molecule has 0 radical (unpaired) electrons. The molecule has 0 saturated carbocycles. The standard InChI is InChI=1S/C17H23N5O6/c1-9(20-14(24)7-11-3-5-19-6-4-11)15(25)21-10(2)16(26)22-12(17(27)28)8-13(18)23/h3-6,9-10,12H,7-8H2,1-2H3,(H2,18,23)(H,20,24)(H,21,25)(H,22,26)(H,27,28). The van der Waals surface area contributed by atoms with Gasteiger partial charge in [0.15, 0.2) is 0 Å². The van der Waals surface area contributed by atoms with Crippen molar-refractivity contribution in [2.75, 3.05) is 0 Å². The molecule has 0 spiro atoms. The Balaban J connectivity index is 2.52. The number of carbonyl (C=O) groups excluding carboxylic acids is 4. The predicted molar refractivity (Wildman–Crippen MR) is 96.5 cm³/mol. The number of aromatic nitrogens is 1. The molecule has 0 saturated heterocycles. The van der Waals surface area contributed by atoms with Gasteiger partial charge >= 0.3 is 5.97 Å². The highest BCUT2D eigenvalue weighted by atomic mass is 16.4. The molecule has 11 nitrogen and oxygen atoms in total. The Labute approximate surface area is 161 Å². The smallest absolute Gasteiger partial charge is 0.326 e. The van der Waals surface area contributed by atoms with Crippen molar-refractivity contribution in [3.05, 3.63) is 30.1 Å². The van der Waals surface area contributed by atoms with Crippen LogP contribution in [-0.4, -0.2) is 57.8 Å². The quantitative estimate of drug-likeness (QED) is 0.307. The van der Waals surface area contributed by atoms with Gasteiger partial charge in [-0.3, -0.25) is 24.2 Å². The van der Waals surface area contributed by atoms with E-state index in [9.17, 15) is 24.0 Å². The number of aliphatic carboxylic acids is 1. The molecule has 0 bridgehead atoms. The molecule has 6 N–H and O–H groups in total. The van der Waals surface area contributed by atoms with Crippen LogP contribution in [0, 0.1) is 0 Å². The van der Waals surface area contributed by atoms with E-state index in [4.69, 9.17) is 10.8 Å². The lowest BCUT2D eigenvalue weighted by molar-refractivity contribution is -0.143. The predicted octanol–water partition coefficient (Wildman–Crippen LogP) is -1.92. The summed E-state index contributed by atoms with van der Waals surface area (Å²) in [5.74, 6) is -4.15. The van der Waals surface area contributed by atoms with E-state index in [1.54, 1.807) is 24.5 Å². The number of nitrogens with zero attached hydrogens (tertiary/aromatic N) is 1. The van der Waals surface area contributed by atoms with Gasteiger partial charge in [-0.05, 0) is 31.5 Å². The molecule has 1 aromatic rings. The summed E-state index contributed by atoms with van der Waals surface area (Å²) in [6, 6.07) is -0.183. The van der Waals surface area contributed by atoms with E-state index in [2.05, 4.69) is 20.9 Å². The van der Waals surface area contributed by atoms with Crippen molar-refractivity contribution < 1.29 is 29.1 Å². The number of rotatable bonds is 10. The number of amides is 4. The van der Waals surface area contributed by atoms with Crippen LogP contribution < -0.4 is 21.7 Å². The minimum absolute atomic E-state index is 0.0591. The van der Waals surface area contributed by atoms with Crippen LogP contribution in [0.1, 0.15) is 25.8 Å². The van der Waals surface area contributed by atoms with Crippen LogP contribution in [0.4, 0.5) is 0 Å². The maximum absolute atomic E-state index is 12.1. The van der Waals surface area contributed by atoms with E-state index in [-0.39, 0.29) is 6.42 Å². The topological polar surface area (TPSA) is 181 Å². The van der Waals surface area contributed by atoms with Crippen molar-refractivity contribution in [3.8, 4) is 0 Å². The first-order valence-corrected chi connectivity index (χ1v) is 8.40. The molecule has 3 unspecified atom stereocenters. The molecular formula is C17H23N5O6. The largest absolute Gasteiger partial charge is 0.480 e. The van der Waals surface area contributed by atoms with Gasteiger partial charge in [0.1, 0.15) is 18.1 Å². The molecule has 0 aliphatic carbocycles. The highest BCUT2D eigenvalue weighted by molar-refractivity contribution is 5.94. The zero-order chi connectivity index (χ0) is 21.3. The summed E-state index contributed by atoms with van der Waals surface area (Å²) in [6.45, 7) is 2.78. The van der Waals surface area contributed by atoms with Crippen LogP contribution in [0.5, 0.6) is 0 Å². The average Bonchev–Trinajstić information content (AvgIpc) is 2.61. The van der Waals surface area contributed by atoms with E-state index >= 15 is 0 Å². The third kappa shape index (κ3) is 7.81. The van der Waals surface area contributed by atoms with Crippen LogP contribution in [0.3, 0.4) is 0 Å². The fourth-order valence-corrected chi connectivity index (χ4v) is 2.15. The minimum Gasteiger partial charge on any atom is -0.480 e. The highest BCUT2D eigenvalue weighted by Crippen LogP contribution is 1.98. The van der Waals surface area contributed by atoms with Gasteiger partial charge in [-0.2, -0.15) is 0 Å². The van der Waals surface area contributed by atoms with Crippen LogP contribution in [0.25, 0.3) is 0 Å². The number of carboxylic acids is 1. The first-order valence-electron chi connectivity index (χ1n) is 8.40. The van der Waals surface area contributed by atoms with E-state index in [0.717, 1.165) is 5.56 Å². The van der Waals surface area contributed by atoms with Crippen molar-refractivity contribution in [1.29, 1.82) is 0 Å². The summed E-state index contributed by atoms with van der Waals surface area (Å²) in [6.07, 6.45) is 2.57. The van der Waals surface area contributed by atoms with Crippen LogP contribution >= 0.6 is 0 Å². The molecule has 1 heterocycles. The Kier molecular flexibility index (Phi) is 8.53. The molecule has 0 aromatic carbocycles. The number of carboxylic acid groups (broad SMARTS) is 1. The van der Waals surface area contributed by atoms with Crippen molar-refractivity contribution in [2.24, 2.45) is 5.73 Å². The third-order valence-corrected chi connectivity index (χ3v) is 3.66. The average molecular weight is 393 g/mol. The lowest BCUT2D eigenvalue weighted by Gasteiger charge is -2.20. The minimum atomic E-state index is -1.50. The summed E-state index contributed by atoms with van der Waals surface area (Å²) >= 11 is 0. The van der Waals surface area contributed by atoms with Gasteiger partial charge in [0.25, 0.3) is 0 Å². The number of nitrogens with two attached hydrogens (primary N) is 1. The second-order valence-corrected chi connectivity index (χ2v) is 6.12. The molecule has 1 aromatic heterocycles. The van der Waals surface area contributed by atoms with Crippen molar-refractivity contribution >= 4 is 29.6 Å². The van der Waals surface area contributed by atoms with Crippen LogP contribution in [0.15, 0.2) is 24.5 Å². The van der Waals surface area contributed by atoms with Gasteiger partial charge in [0.2, 0.25) is 23.6 Å². The van der Waals surface area contributed by atoms with Crippen LogP contribution in [-0.2, 0) is 30.4 Å². The molecular weight excluding hydrogens is 370 g/mol. The number of pyridine rings is 1. The number of nitrogens with one attached hydrogen (secondary N) is 3. The number of hydrogen-bond acceptors (Lipinski definition) is 6. The molecule has 1 rings (SSSR count). The van der Waals surface area contributed by atoms with Gasteiger partial charge < -0.3 is 26.8 Å². The maximum atomic E-state index is 12.1. The fraction of sp³-hybridized carbons (Fsp3) is 0.412. The number of primary amides is 1. The summed E-state index contributed by atoms with van der Waals surface area (Å²) in [5.41, 5.74) is 5.66. The molecule has 3 atom stereocenters.